The fraction of sp³-hybridized carbons (Fsp3) is 0.455. The Kier molecular flexibility index (Phi) is 3.40. The van der Waals surface area contributed by atoms with Gasteiger partial charge in [0.2, 0.25) is 0 Å². The zero-order valence-electron chi connectivity index (χ0n) is 10.3. The Labute approximate surface area is 104 Å². The lowest BCUT2D eigenvalue weighted by Gasteiger charge is -2.07. The molecule has 1 N–H and O–H groups in total. The van der Waals surface area contributed by atoms with Gasteiger partial charge in [0, 0.05) is 12.2 Å². The molecule has 1 unspecified atom stereocenters. The molecule has 18 heavy (non-hydrogen) atoms. The molecule has 2 aromatic heterocycles. The largest absolute Gasteiger partial charge is 0.476 e. The number of nitrogens with zero attached hydrogens (tertiary/aromatic N) is 5. The molecule has 7 nitrogen and oxygen atoms in total. The van der Waals surface area contributed by atoms with Crippen LogP contribution in [0.4, 0.5) is 0 Å². The third-order valence-electron chi connectivity index (χ3n) is 2.79. The molecule has 0 aliphatic rings. The second-order valence-electron chi connectivity index (χ2n) is 4.15. The summed E-state index contributed by atoms with van der Waals surface area (Å²) in [6, 6.07) is 2.25. The molecule has 7 heteroatoms. The van der Waals surface area contributed by atoms with Crippen molar-refractivity contribution < 1.29 is 9.90 Å². The molecule has 0 aromatic carbocycles. The minimum absolute atomic E-state index is 0.0589. The number of carboxylic acids is 1. The van der Waals surface area contributed by atoms with Gasteiger partial charge in [-0.2, -0.15) is 5.10 Å². The van der Waals surface area contributed by atoms with E-state index in [1.807, 2.05) is 16.9 Å². The number of aromatic carboxylic acids is 1. The Morgan fingerprint density at radius 3 is 2.94 bits per heavy atom. The van der Waals surface area contributed by atoms with Gasteiger partial charge in [-0.05, 0) is 19.4 Å². The van der Waals surface area contributed by atoms with Gasteiger partial charge in [0.1, 0.15) is 0 Å². The van der Waals surface area contributed by atoms with Crippen molar-refractivity contribution in [1.29, 1.82) is 0 Å². The van der Waals surface area contributed by atoms with Crippen molar-refractivity contribution in [2.45, 2.75) is 32.9 Å². The van der Waals surface area contributed by atoms with Crippen molar-refractivity contribution in [3.05, 3.63) is 29.8 Å². The van der Waals surface area contributed by atoms with Gasteiger partial charge in [-0.3, -0.25) is 4.68 Å². The Balaban J connectivity index is 2.08. The van der Waals surface area contributed by atoms with Gasteiger partial charge in [0.25, 0.3) is 0 Å². The van der Waals surface area contributed by atoms with E-state index >= 15 is 0 Å². The first kappa shape index (κ1) is 12.3. The summed E-state index contributed by atoms with van der Waals surface area (Å²) < 4.78 is 3.36. The molecular formula is C11H15N5O2. The Morgan fingerprint density at radius 1 is 1.56 bits per heavy atom. The highest BCUT2D eigenvalue weighted by molar-refractivity contribution is 5.84. The maximum absolute atomic E-state index is 10.7. The molecule has 1 atom stereocenters. The van der Waals surface area contributed by atoms with E-state index in [9.17, 15) is 4.79 Å². The summed E-state index contributed by atoms with van der Waals surface area (Å²) >= 11 is 0. The summed E-state index contributed by atoms with van der Waals surface area (Å²) in [4.78, 5) is 10.7. The summed E-state index contributed by atoms with van der Waals surface area (Å²) in [5.41, 5.74) is 0.772. The van der Waals surface area contributed by atoms with Crippen molar-refractivity contribution in [3.8, 4) is 0 Å². The van der Waals surface area contributed by atoms with Crippen LogP contribution < -0.4 is 0 Å². The molecule has 0 saturated heterocycles. The lowest BCUT2D eigenvalue weighted by Crippen LogP contribution is -2.07. The normalized spacial score (nSPS) is 12.6. The van der Waals surface area contributed by atoms with Gasteiger partial charge in [0.15, 0.2) is 5.69 Å². The second kappa shape index (κ2) is 4.99. The molecule has 96 valence electrons. The summed E-state index contributed by atoms with van der Waals surface area (Å²) in [6.45, 7) is 4.61. The van der Waals surface area contributed by atoms with Crippen LogP contribution in [-0.2, 0) is 6.54 Å². The van der Waals surface area contributed by atoms with Crippen LogP contribution >= 0.6 is 0 Å². The van der Waals surface area contributed by atoms with E-state index in [4.69, 9.17) is 5.11 Å². The van der Waals surface area contributed by atoms with Crippen LogP contribution in [0.15, 0.2) is 18.5 Å². The Morgan fingerprint density at radius 2 is 2.33 bits per heavy atom. The molecule has 0 amide bonds. The minimum Gasteiger partial charge on any atom is -0.476 e. The van der Waals surface area contributed by atoms with Gasteiger partial charge >= 0.3 is 5.97 Å². The van der Waals surface area contributed by atoms with Gasteiger partial charge in [-0.25, -0.2) is 9.48 Å². The zero-order chi connectivity index (χ0) is 13.1. The molecule has 0 aliphatic heterocycles. The maximum atomic E-state index is 10.7. The van der Waals surface area contributed by atoms with Gasteiger partial charge in [-0.1, -0.05) is 12.1 Å². The lowest BCUT2D eigenvalue weighted by atomic mass is 10.3. The fourth-order valence-electron chi connectivity index (χ4n) is 1.53. The fourth-order valence-corrected chi connectivity index (χ4v) is 1.53. The quantitative estimate of drug-likeness (QED) is 0.860. The van der Waals surface area contributed by atoms with Crippen LogP contribution in [0.25, 0.3) is 0 Å². The number of carbonyl (C=O) groups is 1. The van der Waals surface area contributed by atoms with Gasteiger partial charge < -0.3 is 5.11 Å². The third kappa shape index (κ3) is 2.55. The average molecular weight is 249 g/mol. The highest BCUT2D eigenvalue weighted by Crippen LogP contribution is 2.09. The topological polar surface area (TPSA) is 85.8 Å². The molecule has 0 saturated carbocycles. The van der Waals surface area contributed by atoms with Crippen molar-refractivity contribution >= 4 is 5.97 Å². The van der Waals surface area contributed by atoms with Gasteiger partial charge in [0.05, 0.1) is 18.4 Å². The monoisotopic (exact) mass is 249 g/mol. The molecule has 2 aromatic rings. The molecule has 0 fully saturated rings. The van der Waals surface area contributed by atoms with Crippen LogP contribution in [0.3, 0.4) is 0 Å². The number of hydrogen-bond donors (Lipinski definition) is 1. The number of aromatic nitrogens is 5. The van der Waals surface area contributed by atoms with Gasteiger partial charge in [-0.15, -0.1) is 5.10 Å². The molecule has 0 spiro atoms. The third-order valence-corrected chi connectivity index (χ3v) is 2.79. The Bertz CT molecular complexity index is 545. The van der Waals surface area contributed by atoms with E-state index in [0.717, 1.165) is 12.1 Å². The van der Waals surface area contributed by atoms with Crippen LogP contribution in [0.2, 0.25) is 0 Å². The van der Waals surface area contributed by atoms with Crippen LogP contribution in [0.5, 0.6) is 0 Å². The molecular weight excluding hydrogens is 234 g/mol. The second-order valence-corrected chi connectivity index (χ2v) is 4.15. The molecule has 2 rings (SSSR count). The first-order valence-corrected chi connectivity index (χ1v) is 5.77. The molecule has 2 heterocycles. The SMILES string of the molecule is CCC(C)n1ccc(Cn2cc(C(=O)O)nn2)n1. The minimum atomic E-state index is -1.08. The highest BCUT2D eigenvalue weighted by atomic mass is 16.4. The summed E-state index contributed by atoms with van der Waals surface area (Å²) in [7, 11) is 0. The number of hydrogen-bond acceptors (Lipinski definition) is 4. The average Bonchev–Trinajstić information content (AvgIpc) is 2.98. The number of rotatable bonds is 5. The predicted molar refractivity (Wildman–Crippen MR) is 63.3 cm³/mol. The van der Waals surface area contributed by atoms with E-state index in [1.165, 1.54) is 10.9 Å². The lowest BCUT2D eigenvalue weighted by molar-refractivity contribution is 0.0690. The van der Waals surface area contributed by atoms with E-state index in [1.54, 1.807) is 0 Å². The van der Waals surface area contributed by atoms with Crippen molar-refractivity contribution in [3.63, 3.8) is 0 Å². The Hall–Kier alpha value is -2.18. The standard InChI is InChI=1S/C11H15N5O2/c1-3-8(2)16-5-4-9(13-16)6-15-7-10(11(17)18)12-14-15/h4-5,7-8H,3,6H2,1-2H3,(H,17,18). The molecule has 0 radical (unpaired) electrons. The maximum Gasteiger partial charge on any atom is 0.358 e. The summed E-state index contributed by atoms with van der Waals surface area (Å²) in [5.74, 6) is -1.08. The molecule has 0 aliphatic carbocycles. The first-order chi connectivity index (χ1) is 8.60. The van der Waals surface area contributed by atoms with Crippen LogP contribution in [0.1, 0.15) is 42.5 Å². The van der Waals surface area contributed by atoms with E-state index in [-0.39, 0.29) is 5.69 Å². The van der Waals surface area contributed by atoms with Crippen molar-refractivity contribution in [1.82, 2.24) is 24.8 Å². The van der Waals surface area contributed by atoms with Crippen molar-refractivity contribution in [2.75, 3.05) is 0 Å². The van der Waals surface area contributed by atoms with E-state index in [2.05, 4.69) is 29.3 Å². The summed E-state index contributed by atoms with van der Waals surface area (Å²) in [5, 5.41) is 20.4. The number of carboxylic acid groups (broad SMARTS) is 1. The van der Waals surface area contributed by atoms with Crippen molar-refractivity contribution in [2.24, 2.45) is 0 Å². The smallest absolute Gasteiger partial charge is 0.358 e. The first-order valence-electron chi connectivity index (χ1n) is 5.77. The predicted octanol–water partition coefficient (Wildman–Crippen LogP) is 1.19. The van der Waals surface area contributed by atoms with Crippen LogP contribution in [0, 0.1) is 0 Å². The molecule has 0 bridgehead atoms. The highest BCUT2D eigenvalue weighted by Gasteiger charge is 2.10. The summed E-state index contributed by atoms with van der Waals surface area (Å²) in [6.07, 6.45) is 4.32. The van der Waals surface area contributed by atoms with E-state index in [0.29, 0.717) is 12.6 Å². The zero-order valence-corrected chi connectivity index (χ0v) is 10.3. The van der Waals surface area contributed by atoms with E-state index < -0.39 is 5.97 Å². The van der Waals surface area contributed by atoms with Crippen LogP contribution in [-0.4, -0.2) is 35.9 Å².